The number of anilines is 2. The molecule has 2 aromatic heterocycles. The minimum absolute atomic E-state index is 0.229. The van der Waals surface area contributed by atoms with Crippen molar-refractivity contribution in [3.05, 3.63) is 35.8 Å². The van der Waals surface area contributed by atoms with Crippen LogP contribution < -0.4 is 15.0 Å². The number of nitriles is 1. The minimum atomic E-state index is 0.229. The number of hydrogen-bond donors (Lipinski definition) is 1. The predicted octanol–water partition coefficient (Wildman–Crippen LogP) is 2.32. The van der Waals surface area contributed by atoms with Crippen LogP contribution in [-0.2, 0) is 0 Å². The molecule has 1 saturated carbocycles. The third-order valence-electron chi connectivity index (χ3n) is 4.71. The van der Waals surface area contributed by atoms with Gasteiger partial charge in [0.15, 0.2) is 0 Å². The Kier molecular flexibility index (Phi) is 4.10. The molecule has 25 heavy (non-hydrogen) atoms. The molecular weight excluding hydrogens is 316 g/mol. The summed E-state index contributed by atoms with van der Waals surface area (Å²) in [6.07, 6.45) is 6.95. The van der Waals surface area contributed by atoms with Crippen molar-refractivity contribution >= 4 is 11.6 Å². The van der Waals surface area contributed by atoms with Crippen molar-refractivity contribution < 1.29 is 4.74 Å². The van der Waals surface area contributed by atoms with Crippen LogP contribution in [0.15, 0.2) is 24.5 Å². The van der Waals surface area contributed by atoms with Crippen LogP contribution >= 0.6 is 0 Å². The third-order valence-corrected chi connectivity index (χ3v) is 4.71. The quantitative estimate of drug-likeness (QED) is 0.896. The summed E-state index contributed by atoms with van der Waals surface area (Å²) in [6, 6.07) is 6.24. The lowest BCUT2D eigenvalue weighted by Crippen LogP contribution is -2.27. The summed E-state index contributed by atoms with van der Waals surface area (Å²) in [5.41, 5.74) is 2.36. The first kappa shape index (κ1) is 15.6. The number of methoxy groups -OCH3 is 1. The number of pyridine rings is 1. The van der Waals surface area contributed by atoms with Gasteiger partial charge in [0.2, 0.25) is 11.8 Å². The van der Waals surface area contributed by atoms with Crippen LogP contribution in [0.4, 0.5) is 11.6 Å². The van der Waals surface area contributed by atoms with Gasteiger partial charge in [-0.05, 0) is 31.4 Å². The second-order valence-corrected chi connectivity index (χ2v) is 6.49. The molecule has 1 atom stereocenters. The zero-order valence-electron chi connectivity index (χ0n) is 14.1. The molecule has 128 valence electrons. The molecule has 4 rings (SSSR count). The Labute approximate surface area is 146 Å². The van der Waals surface area contributed by atoms with E-state index in [1.807, 2.05) is 18.3 Å². The van der Waals surface area contributed by atoms with Crippen molar-refractivity contribution in [1.82, 2.24) is 15.0 Å². The highest BCUT2D eigenvalue weighted by Crippen LogP contribution is 2.39. The maximum Gasteiger partial charge on any atom is 0.233 e. The van der Waals surface area contributed by atoms with E-state index < -0.39 is 0 Å². The number of aromatic nitrogens is 3. The fourth-order valence-corrected chi connectivity index (χ4v) is 3.23. The van der Waals surface area contributed by atoms with E-state index >= 15 is 0 Å². The second kappa shape index (κ2) is 6.55. The molecule has 2 fully saturated rings. The van der Waals surface area contributed by atoms with Crippen LogP contribution in [0, 0.1) is 11.3 Å². The first-order valence-corrected chi connectivity index (χ1v) is 8.56. The molecule has 2 aromatic rings. The lowest BCUT2D eigenvalue weighted by molar-refractivity contribution is 0.396. The van der Waals surface area contributed by atoms with Gasteiger partial charge >= 0.3 is 0 Å². The van der Waals surface area contributed by atoms with Crippen molar-refractivity contribution in [1.29, 1.82) is 5.26 Å². The van der Waals surface area contributed by atoms with Gasteiger partial charge in [0.05, 0.1) is 12.8 Å². The Balaban J connectivity index is 1.46. The molecule has 1 saturated heterocycles. The van der Waals surface area contributed by atoms with Gasteiger partial charge in [-0.15, -0.1) is 0 Å². The van der Waals surface area contributed by atoms with Gasteiger partial charge in [-0.1, -0.05) is 0 Å². The largest absolute Gasteiger partial charge is 0.480 e. The number of ether oxygens (including phenoxy) is 1. The molecule has 0 bridgehead atoms. The van der Waals surface area contributed by atoms with Crippen LogP contribution in [-0.4, -0.2) is 41.2 Å². The maximum absolute atomic E-state index is 9.38. The fourth-order valence-electron chi connectivity index (χ4n) is 3.23. The topological polar surface area (TPSA) is 87.0 Å². The average Bonchev–Trinajstić information content (AvgIpc) is 3.41. The van der Waals surface area contributed by atoms with E-state index in [1.165, 1.54) is 20.0 Å². The summed E-state index contributed by atoms with van der Waals surface area (Å²) in [5, 5.41) is 12.8. The smallest absolute Gasteiger partial charge is 0.233 e. The molecule has 1 aliphatic carbocycles. The maximum atomic E-state index is 9.38. The van der Waals surface area contributed by atoms with Crippen LogP contribution in [0.1, 0.15) is 36.4 Å². The Morgan fingerprint density at radius 3 is 2.84 bits per heavy atom. The van der Waals surface area contributed by atoms with E-state index in [4.69, 9.17) is 9.72 Å². The normalized spacial score (nSPS) is 19.5. The van der Waals surface area contributed by atoms with E-state index in [0.717, 1.165) is 36.8 Å². The van der Waals surface area contributed by atoms with Crippen molar-refractivity contribution in [2.75, 3.05) is 30.4 Å². The second-order valence-electron chi connectivity index (χ2n) is 6.49. The predicted molar refractivity (Wildman–Crippen MR) is 93.8 cm³/mol. The third kappa shape index (κ3) is 3.20. The Morgan fingerprint density at radius 2 is 2.08 bits per heavy atom. The van der Waals surface area contributed by atoms with E-state index in [1.54, 1.807) is 6.20 Å². The molecule has 0 radical (unpaired) electrons. The van der Waals surface area contributed by atoms with Gasteiger partial charge in [-0.3, -0.25) is 0 Å². The highest BCUT2D eigenvalue weighted by atomic mass is 16.5. The number of nitrogens with zero attached hydrogens (tertiary/aromatic N) is 5. The van der Waals surface area contributed by atoms with Crippen LogP contribution in [0.2, 0.25) is 0 Å². The fraction of sp³-hybridized carbons (Fsp3) is 0.444. The lowest BCUT2D eigenvalue weighted by Gasteiger charge is -2.18. The molecule has 3 heterocycles. The van der Waals surface area contributed by atoms with Gasteiger partial charge < -0.3 is 15.0 Å². The zero-order chi connectivity index (χ0) is 17.2. The van der Waals surface area contributed by atoms with Crippen molar-refractivity contribution in [2.24, 2.45) is 0 Å². The zero-order valence-corrected chi connectivity index (χ0v) is 14.1. The van der Waals surface area contributed by atoms with E-state index in [-0.39, 0.29) is 6.04 Å². The summed E-state index contributed by atoms with van der Waals surface area (Å²) < 4.78 is 5.17. The standard InChI is InChI=1S/C18H20N6O/c1-25-17-14(10-19)16(5-7-20-17)22-13-6-9-24(11-13)18-21-8-4-15(23-18)12-2-3-12/h4-5,7-8,12-13H,2-3,6,9,11H2,1H3,(H,20,22). The van der Waals surface area contributed by atoms with Gasteiger partial charge in [0.25, 0.3) is 0 Å². The summed E-state index contributed by atoms with van der Waals surface area (Å²) in [4.78, 5) is 15.4. The average molecular weight is 336 g/mol. The molecule has 2 aliphatic rings. The molecular formula is C18H20N6O. The monoisotopic (exact) mass is 336 g/mol. The summed E-state index contributed by atoms with van der Waals surface area (Å²) in [6.45, 7) is 1.71. The first-order chi connectivity index (χ1) is 12.3. The Hall–Kier alpha value is -2.88. The van der Waals surface area contributed by atoms with Crippen molar-refractivity contribution in [3.8, 4) is 11.9 Å². The Morgan fingerprint density at radius 1 is 1.24 bits per heavy atom. The van der Waals surface area contributed by atoms with Crippen LogP contribution in [0.3, 0.4) is 0 Å². The van der Waals surface area contributed by atoms with Crippen molar-refractivity contribution in [3.63, 3.8) is 0 Å². The molecule has 7 heteroatoms. The summed E-state index contributed by atoms with van der Waals surface area (Å²) >= 11 is 0. The highest BCUT2D eigenvalue weighted by molar-refractivity contribution is 5.62. The minimum Gasteiger partial charge on any atom is -0.480 e. The van der Waals surface area contributed by atoms with Crippen LogP contribution in [0.5, 0.6) is 5.88 Å². The SMILES string of the molecule is COc1nccc(NC2CCN(c3nccc(C4CC4)n3)C2)c1C#N. The number of hydrogen-bond acceptors (Lipinski definition) is 7. The summed E-state index contributed by atoms with van der Waals surface area (Å²) in [7, 11) is 1.52. The van der Waals surface area contributed by atoms with Gasteiger partial charge in [0.1, 0.15) is 11.6 Å². The molecule has 0 amide bonds. The first-order valence-electron chi connectivity index (χ1n) is 8.56. The van der Waals surface area contributed by atoms with Gasteiger partial charge in [-0.25, -0.2) is 15.0 Å². The van der Waals surface area contributed by atoms with Gasteiger partial charge in [-0.2, -0.15) is 5.26 Å². The number of nitrogens with one attached hydrogen (secondary N) is 1. The van der Waals surface area contributed by atoms with Gasteiger partial charge in [0, 0.05) is 43.1 Å². The van der Waals surface area contributed by atoms with Crippen molar-refractivity contribution in [2.45, 2.75) is 31.2 Å². The molecule has 1 aliphatic heterocycles. The summed E-state index contributed by atoms with van der Waals surface area (Å²) in [5.74, 6) is 1.78. The molecule has 0 spiro atoms. The van der Waals surface area contributed by atoms with Crippen LogP contribution in [0.25, 0.3) is 0 Å². The Bertz CT molecular complexity index is 813. The molecule has 0 aromatic carbocycles. The molecule has 7 nitrogen and oxygen atoms in total. The molecule has 1 N–H and O–H groups in total. The highest BCUT2D eigenvalue weighted by Gasteiger charge is 2.28. The number of rotatable bonds is 5. The van der Waals surface area contributed by atoms with E-state index in [2.05, 4.69) is 26.3 Å². The lowest BCUT2D eigenvalue weighted by atomic mass is 10.2. The van der Waals surface area contributed by atoms with E-state index in [9.17, 15) is 5.26 Å². The molecule has 1 unspecified atom stereocenters. The van der Waals surface area contributed by atoms with E-state index in [0.29, 0.717) is 17.4 Å².